The Bertz CT molecular complexity index is 527. The molecule has 0 amide bonds. The standard InChI is InChI=1S/C11H9ClFNOS/c1-6-11(14-10(5-15)16-6)8-4-7(12)2-3-9(8)13/h2-4,15H,5H2,1H3. The zero-order chi connectivity index (χ0) is 11.7. The van der Waals surface area contributed by atoms with Gasteiger partial charge in [-0.1, -0.05) is 11.6 Å². The van der Waals surface area contributed by atoms with Crippen molar-refractivity contribution in [2.45, 2.75) is 13.5 Å². The minimum absolute atomic E-state index is 0.131. The maximum absolute atomic E-state index is 13.6. The van der Waals surface area contributed by atoms with Crippen LogP contribution in [0.5, 0.6) is 0 Å². The van der Waals surface area contributed by atoms with Gasteiger partial charge in [0.05, 0.1) is 12.3 Å². The third-order valence-electron chi connectivity index (χ3n) is 2.16. The van der Waals surface area contributed by atoms with Crippen LogP contribution in [0.3, 0.4) is 0 Å². The largest absolute Gasteiger partial charge is 0.389 e. The first-order valence-electron chi connectivity index (χ1n) is 4.64. The van der Waals surface area contributed by atoms with Crippen LogP contribution >= 0.6 is 22.9 Å². The minimum Gasteiger partial charge on any atom is -0.389 e. The van der Waals surface area contributed by atoms with Gasteiger partial charge in [0.25, 0.3) is 0 Å². The Hall–Kier alpha value is -0.970. The van der Waals surface area contributed by atoms with Crippen molar-refractivity contribution in [3.8, 4) is 11.3 Å². The van der Waals surface area contributed by atoms with Gasteiger partial charge in [-0.15, -0.1) is 11.3 Å². The lowest BCUT2D eigenvalue weighted by molar-refractivity contribution is 0.281. The van der Waals surface area contributed by atoms with Crippen LogP contribution in [0.2, 0.25) is 5.02 Å². The second kappa shape index (κ2) is 4.49. The van der Waals surface area contributed by atoms with Gasteiger partial charge in [-0.25, -0.2) is 9.37 Å². The van der Waals surface area contributed by atoms with Gasteiger partial charge in [0.2, 0.25) is 0 Å². The van der Waals surface area contributed by atoms with Gasteiger partial charge in [-0.3, -0.25) is 0 Å². The average molecular weight is 258 g/mol. The van der Waals surface area contributed by atoms with Crippen LogP contribution in [0.1, 0.15) is 9.88 Å². The summed E-state index contributed by atoms with van der Waals surface area (Å²) in [5.41, 5.74) is 0.926. The van der Waals surface area contributed by atoms with E-state index in [0.29, 0.717) is 21.3 Å². The highest BCUT2D eigenvalue weighted by Gasteiger charge is 2.13. The van der Waals surface area contributed by atoms with Crippen LogP contribution in [0, 0.1) is 12.7 Å². The average Bonchev–Trinajstić information content (AvgIpc) is 2.63. The molecule has 84 valence electrons. The Morgan fingerprint density at radius 2 is 2.25 bits per heavy atom. The zero-order valence-electron chi connectivity index (χ0n) is 8.50. The Balaban J connectivity index is 2.57. The predicted molar refractivity (Wildman–Crippen MR) is 63.2 cm³/mol. The molecule has 0 bridgehead atoms. The summed E-state index contributed by atoms with van der Waals surface area (Å²) in [5, 5.41) is 10.0. The van der Waals surface area contributed by atoms with E-state index in [0.717, 1.165) is 4.88 Å². The molecule has 1 N–H and O–H groups in total. The first-order valence-corrected chi connectivity index (χ1v) is 5.84. The van der Waals surface area contributed by atoms with Crippen molar-refractivity contribution >= 4 is 22.9 Å². The molecular weight excluding hydrogens is 249 g/mol. The lowest BCUT2D eigenvalue weighted by atomic mass is 10.1. The van der Waals surface area contributed by atoms with E-state index in [4.69, 9.17) is 16.7 Å². The molecule has 0 spiro atoms. The molecular formula is C11H9ClFNOS. The first kappa shape index (κ1) is 11.5. The summed E-state index contributed by atoms with van der Waals surface area (Å²) in [6, 6.07) is 4.35. The fraction of sp³-hybridized carbons (Fsp3) is 0.182. The number of aliphatic hydroxyl groups excluding tert-OH is 1. The zero-order valence-corrected chi connectivity index (χ0v) is 10.1. The maximum atomic E-state index is 13.6. The third kappa shape index (κ3) is 2.09. The summed E-state index contributed by atoms with van der Waals surface area (Å²) in [5.74, 6) is -0.359. The van der Waals surface area contributed by atoms with E-state index in [2.05, 4.69) is 4.98 Å². The third-order valence-corrected chi connectivity index (χ3v) is 3.35. The number of nitrogens with zero attached hydrogens (tertiary/aromatic N) is 1. The second-order valence-electron chi connectivity index (χ2n) is 3.29. The number of hydrogen-bond acceptors (Lipinski definition) is 3. The number of thiazole rings is 1. The molecule has 0 fully saturated rings. The number of aromatic nitrogens is 1. The van der Waals surface area contributed by atoms with E-state index in [9.17, 15) is 4.39 Å². The smallest absolute Gasteiger partial charge is 0.132 e. The van der Waals surface area contributed by atoms with E-state index in [1.807, 2.05) is 6.92 Å². The van der Waals surface area contributed by atoms with E-state index in [1.165, 1.54) is 23.5 Å². The summed E-state index contributed by atoms with van der Waals surface area (Å²) < 4.78 is 13.6. The minimum atomic E-state index is -0.359. The summed E-state index contributed by atoms with van der Waals surface area (Å²) >= 11 is 7.17. The molecule has 0 aliphatic rings. The molecule has 16 heavy (non-hydrogen) atoms. The molecule has 0 atom stereocenters. The number of halogens is 2. The summed E-state index contributed by atoms with van der Waals surface area (Å²) in [7, 11) is 0. The molecule has 2 nitrogen and oxygen atoms in total. The van der Waals surface area contributed by atoms with Crippen molar-refractivity contribution in [1.82, 2.24) is 4.98 Å². The van der Waals surface area contributed by atoms with Gasteiger partial charge in [-0.05, 0) is 25.1 Å². The Morgan fingerprint density at radius 1 is 1.50 bits per heavy atom. The van der Waals surface area contributed by atoms with Gasteiger partial charge in [-0.2, -0.15) is 0 Å². The lowest BCUT2D eigenvalue weighted by Gasteiger charge is -2.01. The summed E-state index contributed by atoms with van der Waals surface area (Å²) in [6.07, 6.45) is 0. The van der Waals surface area contributed by atoms with Gasteiger partial charge in [0, 0.05) is 15.5 Å². The molecule has 0 radical (unpaired) electrons. The monoisotopic (exact) mass is 257 g/mol. The van der Waals surface area contributed by atoms with Gasteiger partial charge in [0.15, 0.2) is 0 Å². The first-order chi connectivity index (χ1) is 7.61. The summed E-state index contributed by atoms with van der Waals surface area (Å²) in [4.78, 5) is 5.04. The number of aliphatic hydroxyl groups is 1. The van der Waals surface area contributed by atoms with Crippen molar-refractivity contribution in [3.05, 3.63) is 38.9 Å². The topological polar surface area (TPSA) is 33.1 Å². The highest BCUT2D eigenvalue weighted by Crippen LogP contribution is 2.31. The molecule has 0 saturated carbocycles. The normalized spacial score (nSPS) is 10.8. The fourth-order valence-electron chi connectivity index (χ4n) is 1.45. The second-order valence-corrected chi connectivity index (χ2v) is 5.02. The van der Waals surface area contributed by atoms with Gasteiger partial charge < -0.3 is 5.11 Å². The molecule has 0 unspecified atom stereocenters. The molecule has 1 aromatic carbocycles. The van der Waals surface area contributed by atoms with Gasteiger partial charge in [0.1, 0.15) is 10.8 Å². The van der Waals surface area contributed by atoms with Crippen LogP contribution in [-0.2, 0) is 6.61 Å². The number of rotatable bonds is 2. The molecule has 1 aromatic heterocycles. The number of aryl methyl sites for hydroxylation is 1. The fourth-order valence-corrected chi connectivity index (χ4v) is 2.43. The molecule has 0 saturated heterocycles. The predicted octanol–water partition coefficient (Wildman–Crippen LogP) is 3.40. The van der Waals surface area contributed by atoms with Crippen molar-refractivity contribution in [3.63, 3.8) is 0 Å². The quantitative estimate of drug-likeness (QED) is 0.894. The lowest BCUT2D eigenvalue weighted by Crippen LogP contribution is -1.87. The van der Waals surface area contributed by atoms with Crippen molar-refractivity contribution < 1.29 is 9.50 Å². The van der Waals surface area contributed by atoms with Crippen LogP contribution in [0.15, 0.2) is 18.2 Å². The molecule has 1 heterocycles. The van der Waals surface area contributed by atoms with Crippen LogP contribution in [-0.4, -0.2) is 10.1 Å². The molecule has 2 rings (SSSR count). The van der Waals surface area contributed by atoms with Gasteiger partial charge >= 0.3 is 0 Å². The maximum Gasteiger partial charge on any atom is 0.132 e. The van der Waals surface area contributed by atoms with Crippen LogP contribution in [0.25, 0.3) is 11.3 Å². The molecule has 0 aliphatic heterocycles. The van der Waals surface area contributed by atoms with E-state index < -0.39 is 0 Å². The number of hydrogen-bond donors (Lipinski definition) is 1. The molecule has 5 heteroatoms. The molecule has 2 aromatic rings. The van der Waals surface area contributed by atoms with Crippen molar-refractivity contribution in [2.75, 3.05) is 0 Å². The molecule has 0 aliphatic carbocycles. The van der Waals surface area contributed by atoms with Crippen LogP contribution < -0.4 is 0 Å². The van der Waals surface area contributed by atoms with E-state index >= 15 is 0 Å². The van der Waals surface area contributed by atoms with Crippen molar-refractivity contribution in [2.24, 2.45) is 0 Å². The van der Waals surface area contributed by atoms with Crippen molar-refractivity contribution in [1.29, 1.82) is 0 Å². The highest BCUT2D eigenvalue weighted by molar-refractivity contribution is 7.12. The van der Waals surface area contributed by atoms with E-state index in [-0.39, 0.29) is 12.4 Å². The Labute approximate surface area is 101 Å². The summed E-state index contributed by atoms with van der Waals surface area (Å²) in [6.45, 7) is 1.71. The highest BCUT2D eigenvalue weighted by atomic mass is 35.5. The Kier molecular flexibility index (Phi) is 3.23. The Morgan fingerprint density at radius 3 is 2.88 bits per heavy atom. The van der Waals surface area contributed by atoms with E-state index in [1.54, 1.807) is 6.07 Å². The SMILES string of the molecule is Cc1sc(CO)nc1-c1cc(Cl)ccc1F. The number of benzene rings is 1. The van der Waals surface area contributed by atoms with Crippen LogP contribution in [0.4, 0.5) is 4.39 Å².